The van der Waals surface area contributed by atoms with Crippen LogP contribution in [0.5, 0.6) is 0 Å². The van der Waals surface area contributed by atoms with E-state index in [1.54, 1.807) is 7.11 Å². The van der Waals surface area contributed by atoms with Gasteiger partial charge in [-0.2, -0.15) is 0 Å². The van der Waals surface area contributed by atoms with Gasteiger partial charge >= 0.3 is 0 Å². The first-order valence-corrected chi connectivity index (χ1v) is 8.57. The number of ether oxygens (including phenoxy) is 2. The molecule has 0 spiro atoms. The Kier molecular flexibility index (Phi) is 10.3. The lowest BCUT2D eigenvalue weighted by molar-refractivity contribution is -0.0828. The fraction of sp³-hybridized carbons (Fsp3) is 0.611. The molecule has 0 unspecified atom stereocenters. The Morgan fingerprint density at radius 2 is 1.92 bits per heavy atom. The number of hydrogen-bond donors (Lipinski definition) is 2. The van der Waals surface area contributed by atoms with Gasteiger partial charge in [-0.15, -0.1) is 24.0 Å². The molecule has 142 valence electrons. The molecule has 1 aromatic rings. The van der Waals surface area contributed by atoms with Crippen LogP contribution in [0, 0.1) is 5.82 Å². The fourth-order valence-electron chi connectivity index (χ4n) is 2.71. The van der Waals surface area contributed by atoms with Crippen molar-refractivity contribution in [1.29, 1.82) is 0 Å². The van der Waals surface area contributed by atoms with Crippen LogP contribution in [0.3, 0.4) is 0 Å². The number of rotatable bonds is 7. The van der Waals surface area contributed by atoms with Gasteiger partial charge in [-0.3, -0.25) is 4.99 Å². The van der Waals surface area contributed by atoms with E-state index in [2.05, 4.69) is 15.6 Å². The van der Waals surface area contributed by atoms with E-state index in [1.807, 2.05) is 19.1 Å². The van der Waals surface area contributed by atoms with E-state index in [4.69, 9.17) is 9.47 Å². The molecule has 0 amide bonds. The Labute approximate surface area is 166 Å². The highest BCUT2D eigenvalue weighted by molar-refractivity contribution is 14.0. The predicted octanol–water partition coefficient (Wildman–Crippen LogP) is 2.74. The average Bonchev–Trinajstić information content (AvgIpc) is 2.62. The molecule has 1 saturated heterocycles. The summed E-state index contributed by atoms with van der Waals surface area (Å²) >= 11 is 0. The summed E-state index contributed by atoms with van der Waals surface area (Å²) in [4.78, 5) is 4.68. The summed E-state index contributed by atoms with van der Waals surface area (Å²) < 4.78 is 24.0. The number of nitrogens with one attached hydrogen (secondary N) is 2. The van der Waals surface area contributed by atoms with Crippen molar-refractivity contribution in [3.8, 4) is 0 Å². The van der Waals surface area contributed by atoms with Gasteiger partial charge in [-0.1, -0.05) is 12.1 Å². The van der Waals surface area contributed by atoms with Crippen molar-refractivity contribution in [1.82, 2.24) is 10.6 Å². The van der Waals surface area contributed by atoms with Crippen LogP contribution in [0.15, 0.2) is 29.3 Å². The number of methoxy groups -OCH3 is 1. The quantitative estimate of drug-likeness (QED) is 0.370. The number of benzene rings is 1. The number of guanidine groups is 1. The Hall–Kier alpha value is -0.930. The zero-order valence-electron chi connectivity index (χ0n) is 15.0. The first-order valence-electron chi connectivity index (χ1n) is 8.57. The van der Waals surface area contributed by atoms with E-state index in [-0.39, 0.29) is 35.4 Å². The summed E-state index contributed by atoms with van der Waals surface area (Å²) in [5, 5.41) is 6.57. The molecule has 25 heavy (non-hydrogen) atoms. The second kappa shape index (κ2) is 11.6. The molecule has 0 atom stereocenters. The van der Waals surface area contributed by atoms with Crippen molar-refractivity contribution < 1.29 is 13.9 Å². The van der Waals surface area contributed by atoms with E-state index < -0.39 is 0 Å². The summed E-state index contributed by atoms with van der Waals surface area (Å²) in [6.07, 6.45) is 2.54. The summed E-state index contributed by atoms with van der Waals surface area (Å²) in [6, 6.07) is 6.59. The van der Waals surface area contributed by atoms with Gasteiger partial charge in [0, 0.05) is 46.3 Å². The molecule has 0 radical (unpaired) electrons. The van der Waals surface area contributed by atoms with Crippen molar-refractivity contribution in [3.05, 3.63) is 35.6 Å². The summed E-state index contributed by atoms with van der Waals surface area (Å²) in [6.45, 7) is 5.62. The van der Waals surface area contributed by atoms with Crippen molar-refractivity contribution in [2.24, 2.45) is 4.99 Å². The van der Waals surface area contributed by atoms with Crippen LogP contribution in [0.25, 0.3) is 0 Å². The Balaban J connectivity index is 0.00000312. The van der Waals surface area contributed by atoms with E-state index in [0.29, 0.717) is 6.54 Å². The first kappa shape index (κ1) is 22.1. The SMILES string of the molecule is CCNC(=NCC1(OC)CCOCC1)NCCc1ccc(F)cc1.I. The van der Waals surface area contributed by atoms with Gasteiger partial charge in [0.2, 0.25) is 0 Å². The predicted molar refractivity (Wildman–Crippen MR) is 109 cm³/mol. The molecule has 0 aliphatic carbocycles. The van der Waals surface area contributed by atoms with Gasteiger partial charge in [-0.05, 0) is 31.0 Å². The Morgan fingerprint density at radius 3 is 2.52 bits per heavy atom. The third-order valence-corrected chi connectivity index (χ3v) is 4.33. The monoisotopic (exact) mass is 465 g/mol. The van der Waals surface area contributed by atoms with E-state index in [0.717, 1.165) is 57.1 Å². The van der Waals surface area contributed by atoms with E-state index in [1.165, 1.54) is 12.1 Å². The molecule has 0 saturated carbocycles. The van der Waals surface area contributed by atoms with Gasteiger partial charge in [0.15, 0.2) is 5.96 Å². The fourth-order valence-corrected chi connectivity index (χ4v) is 2.71. The Bertz CT molecular complexity index is 520. The van der Waals surface area contributed by atoms with Crippen LogP contribution >= 0.6 is 24.0 Å². The van der Waals surface area contributed by atoms with E-state index >= 15 is 0 Å². The van der Waals surface area contributed by atoms with Gasteiger partial charge < -0.3 is 20.1 Å². The molecule has 5 nitrogen and oxygen atoms in total. The maximum atomic E-state index is 12.9. The molecular weight excluding hydrogens is 436 g/mol. The molecule has 1 aliphatic rings. The molecule has 2 N–H and O–H groups in total. The molecular formula is C18H29FIN3O2. The standard InChI is InChI=1S/C18H28FN3O2.HI/c1-3-20-17(21-11-8-15-4-6-16(19)7-5-15)22-14-18(23-2)9-12-24-13-10-18;/h4-7H,3,8-14H2,1-2H3,(H2,20,21,22);1H. The van der Waals surface area contributed by atoms with Crippen LogP contribution in [-0.4, -0.2) is 51.5 Å². The Morgan fingerprint density at radius 1 is 1.24 bits per heavy atom. The van der Waals surface area contributed by atoms with Crippen LogP contribution in [0.4, 0.5) is 4.39 Å². The summed E-state index contributed by atoms with van der Waals surface area (Å²) in [5.74, 6) is 0.575. The highest BCUT2D eigenvalue weighted by Crippen LogP contribution is 2.24. The van der Waals surface area contributed by atoms with Crippen molar-refractivity contribution in [3.63, 3.8) is 0 Å². The normalized spacial score (nSPS) is 16.8. The second-order valence-corrected chi connectivity index (χ2v) is 6.00. The summed E-state index contributed by atoms with van der Waals surface area (Å²) in [7, 11) is 1.75. The number of aliphatic imine (C=N–C) groups is 1. The van der Waals surface area contributed by atoms with Gasteiger partial charge in [-0.25, -0.2) is 4.39 Å². The topological polar surface area (TPSA) is 54.9 Å². The maximum Gasteiger partial charge on any atom is 0.191 e. The first-order chi connectivity index (χ1) is 11.7. The molecule has 0 aromatic heterocycles. The van der Waals surface area contributed by atoms with Gasteiger partial charge in [0.25, 0.3) is 0 Å². The highest BCUT2D eigenvalue weighted by atomic mass is 127. The minimum atomic E-state index is -0.225. The van der Waals surface area contributed by atoms with Crippen LogP contribution in [-0.2, 0) is 15.9 Å². The second-order valence-electron chi connectivity index (χ2n) is 6.00. The zero-order chi connectivity index (χ0) is 17.3. The van der Waals surface area contributed by atoms with Crippen LogP contribution in [0.2, 0.25) is 0 Å². The molecule has 1 aromatic carbocycles. The number of halogens is 2. The third kappa shape index (κ3) is 7.45. The van der Waals surface area contributed by atoms with Gasteiger partial charge in [0.1, 0.15) is 5.82 Å². The lowest BCUT2D eigenvalue weighted by Gasteiger charge is -2.34. The number of hydrogen-bond acceptors (Lipinski definition) is 3. The van der Waals surface area contributed by atoms with E-state index in [9.17, 15) is 4.39 Å². The molecule has 1 heterocycles. The number of nitrogens with zero attached hydrogens (tertiary/aromatic N) is 1. The maximum absolute atomic E-state index is 12.9. The van der Waals surface area contributed by atoms with Crippen molar-refractivity contribution >= 4 is 29.9 Å². The highest BCUT2D eigenvalue weighted by Gasteiger charge is 2.32. The lowest BCUT2D eigenvalue weighted by atomic mass is 9.94. The smallest absolute Gasteiger partial charge is 0.191 e. The van der Waals surface area contributed by atoms with Crippen LogP contribution < -0.4 is 10.6 Å². The molecule has 7 heteroatoms. The average molecular weight is 465 g/mol. The van der Waals surface area contributed by atoms with Crippen LogP contribution in [0.1, 0.15) is 25.3 Å². The minimum absolute atomic E-state index is 0. The molecule has 2 rings (SSSR count). The summed E-state index contributed by atoms with van der Waals surface area (Å²) in [5.41, 5.74) is 0.870. The minimum Gasteiger partial charge on any atom is -0.381 e. The van der Waals surface area contributed by atoms with Crippen molar-refractivity contribution in [2.45, 2.75) is 31.8 Å². The largest absolute Gasteiger partial charge is 0.381 e. The molecule has 0 bridgehead atoms. The van der Waals surface area contributed by atoms with Gasteiger partial charge in [0.05, 0.1) is 12.1 Å². The molecule has 1 fully saturated rings. The lowest BCUT2D eigenvalue weighted by Crippen LogP contribution is -2.44. The third-order valence-electron chi connectivity index (χ3n) is 4.33. The van der Waals surface area contributed by atoms with Crippen molar-refractivity contribution in [2.75, 3.05) is 40.0 Å². The molecule has 1 aliphatic heterocycles. The zero-order valence-corrected chi connectivity index (χ0v) is 17.3.